The summed E-state index contributed by atoms with van der Waals surface area (Å²) in [5, 5.41) is 14.2. The monoisotopic (exact) mass is 486 g/mol. The Kier molecular flexibility index (Phi) is 6.39. The molecular formula is C27H26N4O5. The predicted molar refractivity (Wildman–Crippen MR) is 136 cm³/mol. The molecule has 3 aromatic carbocycles. The van der Waals surface area contributed by atoms with E-state index in [2.05, 4.69) is 10.3 Å². The van der Waals surface area contributed by atoms with E-state index in [9.17, 15) is 14.9 Å². The molecule has 9 nitrogen and oxygen atoms in total. The van der Waals surface area contributed by atoms with Gasteiger partial charge in [0.05, 0.1) is 29.4 Å². The van der Waals surface area contributed by atoms with E-state index in [1.165, 1.54) is 12.1 Å². The van der Waals surface area contributed by atoms with Crippen LogP contribution in [-0.2, 0) is 11.3 Å². The van der Waals surface area contributed by atoms with E-state index in [4.69, 9.17) is 9.15 Å². The van der Waals surface area contributed by atoms with Crippen molar-refractivity contribution in [2.75, 3.05) is 31.2 Å². The van der Waals surface area contributed by atoms with E-state index in [1.54, 1.807) is 6.07 Å². The summed E-state index contributed by atoms with van der Waals surface area (Å²) in [6.45, 7) is 6.69. The number of amides is 1. The summed E-state index contributed by atoms with van der Waals surface area (Å²) in [7, 11) is 0. The molecule has 1 aliphatic rings. The molecule has 0 bridgehead atoms. The molecule has 1 N–H and O–H groups in total. The summed E-state index contributed by atoms with van der Waals surface area (Å²) in [5.41, 5.74) is 6.42. The van der Waals surface area contributed by atoms with Gasteiger partial charge < -0.3 is 19.4 Å². The van der Waals surface area contributed by atoms with Crippen molar-refractivity contribution in [2.45, 2.75) is 20.4 Å². The van der Waals surface area contributed by atoms with E-state index in [0.29, 0.717) is 37.9 Å². The van der Waals surface area contributed by atoms with E-state index in [1.807, 2.05) is 55.1 Å². The van der Waals surface area contributed by atoms with Gasteiger partial charge in [0.2, 0.25) is 5.89 Å². The van der Waals surface area contributed by atoms with Gasteiger partial charge in [0, 0.05) is 37.3 Å². The highest BCUT2D eigenvalue weighted by Gasteiger charge is 2.22. The number of aromatic nitrogens is 1. The van der Waals surface area contributed by atoms with Gasteiger partial charge in [-0.2, -0.15) is 0 Å². The molecule has 5 rings (SSSR count). The number of fused-ring (bicyclic) bond motifs is 1. The van der Waals surface area contributed by atoms with Gasteiger partial charge in [-0.15, -0.1) is 0 Å². The first kappa shape index (κ1) is 23.5. The fourth-order valence-corrected chi connectivity index (χ4v) is 4.25. The van der Waals surface area contributed by atoms with Crippen molar-refractivity contribution in [2.24, 2.45) is 0 Å². The smallest absolute Gasteiger partial charge is 0.270 e. The highest BCUT2D eigenvalue weighted by atomic mass is 16.6. The maximum atomic E-state index is 13.1. The topological polar surface area (TPSA) is 111 Å². The van der Waals surface area contributed by atoms with Crippen LogP contribution in [0.3, 0.4) is 0 Å². The lowest BCUT2D eigenvalue weighted by Crippen LogP contribution is -2.38. The van der Waals surface area contributed by atoms with Gasteiger partial charge in [-0.3, -0.25) is 14.9 Å². The zero-order valence-corrected chi connectivity index (χ0v) is 20.1. The maximum absolute atomic E-state index is 13.1. The number of nitrogens with zero attached hydrogens (tertiary/aromatic N) is 3. The van der Waals surface area contributed by atoms with Crippen molar-refractivity contribution in [3.05, 3.63) is 87.0 Å². The lowest BCUT2D eigenvalue weighted by Gasteiger charge is -2.30. The highest BCUT2D eigenvalue weighted by molar-refractivity contribution is 6.00. The molecule has 4 aromatic rings. The Labute approximate surface area is 207 Å². The summed E-state index contributed by atoms with van der Waals surface area (Å²) in [5.74, 6) is 0.172. The van der Waals surface area contributed by atoms with Crippen LogP contribution in [0.5, 0.6) is 0 Å². The number of ether oxygens (including phenoxy) is 1. The fourth-order valence-electron chi connectivity index (χ4n) is 4.25. The number of hydrogen-bond donors (Lipinski definition) is 1. The van der Waals surface area contributed by atoms with E-state index < -0.39 is 4.92 Å². The first-order valence-corrected chi connectivity index (χ1v) is 11.8. The average molecular weight is 487 g/mol. The molecule has 1 saturated heterocycles. The van der Waals surface area contributed by atoms with Gasteiger partial charge in [0.15, 0.2) is 5.58 Å². The normalized spacial score (nSPS) is 13.7. The summed E-state index contributed by atoms with van der Waals surface area (Å²) < 4.78 is 11.3. The van der Waals surface area contributed by atoms with Crippen LogP contribution in [0.25, 0.3) is 22.6 Å². The lowest BCUT2D eigenvalue weighted by molar-refractivity contribution is -0.384. The number of oxazole rings is 1. The Hall–Kier alpha value is -4.24. The van der Waals surface area contributed by atoms with Crippen LogP contribution in [0.2, 0.25) is 0 Å². The van der Waals surface area contributed by atoms with Gasteiger partial charge in [-0.05, 0) is 60.9 Å². The molecule has 0 aliphatic carbocycles. The molecule has 0 spiro atoms. The van der Waals surface area contributed by atoms with Crippen LogP contribution < -0.4 is 10.2 Å². The number of nitrogens with one attached hydrogen (secondary N) is 1. The number of aryl methyl sites for hydroxylation is 2. The van der Waals surface area contributed by atoms with Gasteiger partial charge in [-0.25, -0.2) is 4.98 Å². The van der Waals surface area contributed by atoms with Crippen molar-refractivity contribution in [1.82, 2.24) is 10.3 Å². The van der Waals surface area contributed by atoms with E-state index >= 15 is 0 Å². The summed E-state index contributed by atoms with van der Waals surface area (Å²) in [6.07, 6.45) is 0. The van der Waals surface area contributed by atoms with Crippen molar-refractivity contribution < 1.29 is 18.9 Å². The molecule has 0 atom stereocenters. The molecule has 1 aliphatic heterocycles. The Morgan fingerprint density at radius 3 is 2.50 bits per heavy atom. The van der Waals surface area contributed by atoms with Crippen LogP contribution in [0.4, 0.5) is 11.4 Å². The molecule has 1 amide bonds. The minimum absolute atomic E-state index is 0.120. The number of rotatable bonds is 6. The quantitative estimate of drug-likeness (QED) is 0.308. The summed E-state index contributed by atoms with van der Waals surface area (Å²) >= 11 is 0. The third-order valence-corrected chi connectivity index (χ3v) is 6.45. The molecule has 9 heteroatoms. The molecule has 1 aromatic heterocycles. The number of nitro benzene ring substituents is 1. The molecule has 0 radical (unpaired) electrons. The largest absolute Gasteiger partial charge is 0.436 e. The molecule has 0 saturated carbocycles. The van der Waals surface area contributed by atoms with Crippen molar-refractivity contribution in [1.29, 1.82) is 0 Å². The number of carbonyl (C=O) groups excluding carboxylic acids is 1. The highest BCUT2D eigenvalue weighted by Crippen LogP contribution is 2.28. The van der Waals surface area contributed by atoms with Gasteiger partial charge in [0.1, 0.15) is 5.52 Å². The standard InChI is InChI=1S/C27H26N4O5/c1-17-13-23-25(14-18(17)2)36-27(29-23)20-5-3-19(4-6-20)16-28-26(32)22-15-21(31(33)34)7-8-24(22)30-9-11-35-12-10-30/h3-8,13-15H,9-12,16H2,1-2H3,(H,28,32). The second-order valence-corrected chi connectivity index (χ2v) is 8.86. The number of morpholine rings is 1. The summed E-state index contributed by atoms with van der Waals surface area (Å²) in [6, 6.07) is 16.0. The Bertz CT molecular complexity index is 1400. The maximum Gasteiger partial charge on any atom is 0.270 e. The van der Waals surface area contributed by atoms with Crippen molar-refractivity contribution in [3.8, 4) is 11.5 Å². The van der Waals surface area contributed by atoms with Crippen molar-refractivity contribution >= 4 is 28.4 Å². The summed E-state index contributed by atoms with van der Waals surface area (Å²) in [4.78, 5) is 30.5. The SMILES string of the molecule is Cc1cc2nc(-c3ccc(CNC(=O)c4cc([N+](=O)[O-])ccc4N4CCOCC4)cc3)oc2cc1C. The van der Waals surface area contributed by atoms with Gasteiger partial charge in [-0.1, -0.05) is 12.1 Å². The number of benzene rings is 3. The number of hydrogen-bond acceptors (Lipinski definition) is 7. The zero-order valence-electron chi connectivity index (χ0n) is 20.1. The minimum Gasteiger partial charge on any atom is -0.436 e. The first-order valence-electron chi connectivity index (χ1n) is 11.8. The molecule has 184 valence electrons. The van der Waals surface area contributed by atoms with Crippen LogP contribution in [0.15, 0.2) is 59.0 Å². The second kappa shape index (κ2) is 9.79. The molecule has 1 fully saturated rings. The van der Waals surface area contributed by atoms with E-state index in [-0.39, 0.29) is 23.7 Å². The van der Waals surface area contributed by atoms with Gasteiger partial charge >= 0.3 is 0 Å². The number of non-ortho nitro benzene ring substituents is 1. The molecule has 0 unspecified atom stereocenters. The second-order valence-electron chi connectivity index (χ2n) is 8.86. The third-order valence-electron chi connectivity index (χ3n) is 6.45. The van der Waals surface area contributed by atoms with Crippen LogP contribution in [0, 0.1) is 24.0 Å². The molecule has 36 heavy (non-hydrogen) atoms. The van der Waals surface area contributed by atoms with Crippen LogP contribution in [0.1, 0.15) is 27.0 Å². The Balaban J connectivity index is 1.31. The fraction of sp³-hybridized carbons (Fsp3) is 0.259. The Morgan fingerprint density at radius 1 is 1.06 bits per heavy atom. The number of carbonyl (C=O) groups is 1. The van der Waals surface area contributed by atoms with E-state index in [0.717, 1.165) is 33.4 Å². The first-order chi connectivity index (χ1) is 17.4. The predicted octanol–water partition coefficient (Wildman–Crippen LogP) is 4.79. The Morgan fingerprint density at radius 2 is 1.78 bits per heavy atom. The lowest BCUT2D eigenvalue weighted by atomic mass is 10.1. The molecule has 2 heterocycles. The van der Waals surface area contributed by atoms with Gasteiger partial charge in [0.25, 0.3) is 11.6 Å². The number of nitro groups is 1. The van der Waals surface area contributed by atoms with Crippen LogP contribution in [-0.4, -0.2) is 42.1 Å². The van der Waals surface area contributed by atoms with Crippen molar-refractivity contribution in [3.63, 3.8) is 0 Å². The minimum atomic E-state index is -0.493. The number of anilines is 1. The molecular weight excluding hydrogens is 460 g/mol. The average Bonchev–Trinajstić information content (AvgIpc) is 3.30. The third kappa shape index (κ3) is 4.78. The van der Waals surface area contributed by atoms with Crippen LogP contribution >= 0.6 is 0 Å². The zero-order chi connectivity index (χ0) is 25.2.